The highest BCUT2D eigenvalue weighted by atomic mass is 31.2. The average molecular weight is 995 g/mol. The number of carbonyl (C=O) groups is 2. The quantitative estimate of drug-likeness (QED) is 0.0493. The molecule has 0 aliphatic rings. The highest BCUT2D eigenvalue weighted by Crippen LogP contribution is 2.48. The Labute approximate surface area is 399 Å². The van der Waals surface area contributed by atoms with Gasteiger partial charge in [-0.3, -0.25) is 13.9 Å². The fraction of sp³-hybridized carbons (Fsp3) is 0.381. The maximum atomic E-state index is 12.5. The SMILES string of the molecule is CCOP(=O)(CCN)OCC.CCOP(=O)(CCNC(=O)c1ccc(N(C)Cc2cnc3nc(N)nc(N)c3n2)cc1)OCC.CN(Cc1cnc2nc(N)nc(N)c2n1)c1ccc(C(=O)O)cc1. The largest absolute Gasteiger partial charge is 0.478 e. The molecule has 0 saturated carbocycles. The van der Waals surface area contributed by atoms with Crippen molar-refractivity contribution in [3.05, 3.63) is 83.4 Å². The zero-order valence-corrected chi connectivity index (χ0v) is 41.1. The molecule has 1 amide bonds. The Balaban J connectivity index is 0.000000256. The molecule has 6 rings (SSSR count). The fourth-order valence-electron chi connectivity index (χ4n) is 6.20. The van der Waals surface area contributed by atoms with Gasteiger partial charge >= 0.3 is 21.2 Å². The van der Waals surface area contributed by atoms with Gasteiger partial charge in [-0.1, -0.05) is 0 Å². The minimum absolute atomic E-state index is 0.0471. The molecule has 0 aliphatic heterocycles. The molecule has 27 heteroatoms. The van der Waals surface area contributed by atoms with Crippen LogP contribution in [0.4, 0.5) is 34.9 Å². The number of anilines is 6. The van der Waals surface area contributed by atoms with Gasteiger partial charge in [0.1, 0.15) is 0 Å². The number of carboxylic acids is 1. The second-order valence-electron chi connectivity index (χ2n) is 14.5. The zero-order chi connectivity index (χ0) is 50.7. The molecule has 6 aromatic rings. The van der Waals surface area contributed by atoms with Crippen LogP contribution in [-0.2, 0) is 40.3 Å². The standard InChI is InChI=1S/C21H29N8O4P.C15H15N7O2.C6H16NO3P/c1-4-32-34(31,33-5-2)11-10-24-20(30)14-6-8-16(9-7-14)29(3)13-15-12-25-19-17(26-15)18(22)27-21(23)28-19;1-22(10-4-2-8(3-5-10)14(23)24)7-9-6-18-13-11(19-9)12(16)20-15(17)21-13;1-3-9-11(8,6-5-7)10-4-2/h6-9,12H,4-5,10-11,13H2,1-3H3,(H,24,30)(H4,22,23,25,27,28);2-6H,7H2,1H3,(H,23,24)(H4,16,17,18,20,21);3-7H2,1-2H3. The highest BCUT2D eigenvalue weighted by Gasteiger charge is 2.24. The number of fused-ring (bicyclic) bond motifs is 2. The molecule has 4 aromatic heterocycles. The molecule has 0 radical (unpaired) electrons. The monoisotopic (exact) mass is 994 g/mol. The minimum atomic E-state index is -3.20. The minimum Gasteiger partial charge on any atom is -0.478 e. The Hall–Kier alpha value is -6.72. The van der Waals surface area contributed by atoms with E-state index in [1.807, 2.05) is 36.0 Å². The van der Waals surface area contributed by atoms with Gasteiger partial charge < -0.3 is 67.0 Å². The van der Waals surface area contributed by atoms with Gasteiger partial charge in [-0.05, 0) is 76.2 Å². The maximum absolute atomic E-state index is 12.5. The summed E-state index contributed by atoms with van der Waals surface area (Å²) in [6, 6.07) is 13.6. The summed E-state index contributed by atoms with van der Waals surface area (Å²) in [6.45, 7) is 9.82. The van der Waals surface area contributed by atoms with Crippen molar-refractivity contribution in [2.24, 2.45) is 5.73 Å². The molecule has 12 N–H and O–H groups in total. The molecule has 25 nitrogen and oxygen atoms in total. The van der Waals surface area contributed by atoms with Gasteiger partial charge in [-0.15, -0.1) is 0 Å². The van der Waals surface area contributed by atoms with E-state index < -0.39 is 21.2 Å². The van der Waals surface area contributed by atoms with Crippen molar-refractivity contribution in [1.82, 2.24) is 45.2 Å². The van der Waals surface area contributed by atoms with Crippen molar-refractivity contribution >= 4 is 84.3 Å². The van der Waals surface area contributed by atoms with E-state index in [0.717, 1.165) is 11.4 Å². The number of nitrogen functional groups attached to an aromatic ring is 4. The smallest absolute Gasteiger partial charge is 0.335 e. The van der Waals surface area contributed by atoms with E-state index in [-0.39, 0.29) is 60.9 Å². The number of hydrogen-bond acceptors (Lipinski definition) is 23. The third-order valence-corrected chi connectivity index (χ3v) is 13.5. The zero-order valence-electron chi connectivity index (χ0n) is 39.3. The van der Waals surface area contributed by atoms with Crippen LogP contribution >= 0.6 is 15.2 Å². The van der Waals surface area contributed by atoms with E-state index in [1.165, 1.54) is 0 Å². The molecular formula is C42H60N16O9P2. The van der Waals surface area contributed by atoms with Crippen LogP contribution in [-0.4, -0.2) is 123 Å². The summed E-state index contributed by atoms with van der Waals surface area (Å²) in [5, 5.41) is 11.7. The first-order valence-corrected chi connectivity index (χ1v) is 25.0. The molecule has 0 atom stereocenters. The topological polar surface area (TPSA) is 377 Å². The molecule has 69 heavy (non-hydrogen) atoms. The lowest BCUT2D eigenvalue weighted by atomic mass is 10.2. The Morgan fingerprint density at radius 1 is 0.609 bits per heavy atom. The number of benzene rings is 2. The molecule has 2 aromatic carbocycles. The number of aromatic nitrogens is 8. The number of carboxylic acid groups (broad SMARTS) is 1. The fourth-order valence-corrected chi connectivity index (χ4v) is 9.14. The van der Waals surface area contributed by atoms with Crippen molar-refractivity contribution in [3.63, 3.8) is 0 Å². The third-order valence-electron chi connectivity index (χ3n) is 9.30. The van der Waals surface area contributed by atoms with E-state index >= 15 is 0 Å². The number of amides is 1. The molecule has 0 spiro atoms. The molecule has 372 valence electrons. The molecule has 4 heterocycles. The molecule has 0 saturated heterocycles. The van der Waals surface area contributed by atoms with Gasteiger partial charge in [0.25, 0.3) is 5.91 Å². The van der Waals surface area contributed by atoms with Crippen LogP contribution < -0.4 is 43.8 Å². The summed E-state index contributed by atoms with van der Waals surface area (Å²) in [7, 11) is -2.28. The second kappa shape index (κ2) is 26.1. The van der Waals surface area contributed by atoms with Crippen molar-refractivity contribution in [3.8, 4) is 0 Å². The van der Waals surface area contributed by atoms with Gasteiger partial charge in [0.05, 0.1) is 81.2 Å². The lowest BCUT2D eigenvalue weighted by Gasteiger charge is -2.19. The highest BCUT2D eigenvalue weighted by molar-refractivity contribution is 7.54. The number of nitrogens with two attached hydrogens (primary N) is 5. The van der Waals surface area contributed by atoms with Crippen LogP contribution in [0.25, 0.3) is 22.3 Å². The Morgan fingerprint density at radius 3 is 1.38 bits per heavy atom. The number of rotatable bonds is 21. The van der Waals surface area contributed by atoms with Crippen molar-refractivity contribution < 1.29 is 41.9 Å². The average Bonchev–Trinajstić information content (AvgIpc) is 3.30. The van der Waals surface area contributed by atoms with Crippen LogP contribution in [0.1, 0.15) is 59.8 Å². The van der Waals surface area contributed by atoms with Gasteiger partial charge in [-0.25, -0.2) is 24.7 Å². The predicted octanol–water partition coefficient (Wildman–Crippen LogP) is 4.35. The summed E-state index contributed by atoms with van der Waals surface area (Å²) >= 11 is 0. The molecule has 0 aliphatic carbocycles. The van der Waals surface area contributed by atoms with Crippen molar-refractivity contribution in [2.45, 2.75) is 40.8 Å². The normalized spacial score (nSPS) is 11.3. The van der Waals surface area contributed by atoms with E-state index in [2.05, 4.69) is 45.2 Å². The van der Waals surface area contributed by atoms with Crippen LogP contribution in [0.2, 0.25) is 0 Å². The summed E-state index contributed by atoms with van der Waals surface area (Å²) < 4.78 is 44.4. The number of hydrogen-bond donors (Lipinski definition) is 7. The maximum Gasteiger partial charge on any atom is 0.335 e. The Morgan fingerprint density at radius 2 is 1.00 bits per heavy atom. The molecule has 0 bridgehead atoms. The molecular weight excluding hydrogens is 935 g/mol. The van der Waals surface area contributed by atoms with Crippen LogP contribution in [0, 0.1) is 0 Å². The number of aromatic carboxylic acids is 1. The van der Waals surface area contributed by atoms with E-state index in [4.69, 9.17) is 51.9 Å². The van der Waals surface area contributed by atoms with E-state index in [1.54, 1.807) is 76.5 Å². The van der Waals surface area contributed by atoms with Crippen LogP contribution in [0.3, 0.4) is 0 Å². The Kier molecular flexibility index (Phi) is 20.8. The number of nitrogens with zero attached hydrogens (tertiary/aromatic N) is 10. The molecule has 0 fully saturated rings. The van der Waals surface area contributed by atoms with Gasteiger partial charge in [0.2, 0.25) is 11.9 Å². The first kappa shape index (κ1) is 54.9. The van der Waals surface area contributed by atoms with E-state index in [0.29, 0.717) is 78.3 Å². The summed E-state index contributed by atoms with van der Waals surface area (Å²) in [4.78, 5) is 60.4. The third kappa shape index (κ3) is 16.5. The lowest BCUT2D eigenvalue weighted by Crippen LogP contribution is -2.27. The first-order valence-electron chi connectivity index (χ1n) is 21.6. The number of carbonyl (C=O) groups excluding carboxylic acids is 1. The Bertz CT molecular complexity index is 2710. The van der Waals surface area contributed by atoms with Gasteiger partial charge in [-0.2, -0.15) is 19.9 Å². The van der Waals surface area contributed by atoms with Gasteiger partial charge in [0.15, 0.2) is 34.0 Å². The summed E-state index contributed by atoms with van der Waals surface area (Å²) in [5.41, 5.74) is 33.3. The van der Waals surface area contributed by atoms with Crippen LogP contribution in [0.5, 0.6) is 0 Å². The first-order chi connectivity index (χ1) is 32.9. The van der Waals surface area contributed by atoms with Crippen molar-refractivity contribution in [2.75, 3.05) is 98.7 Å². The molecule has 0 unspecified atom stereocenters. The predicted molar refractivity (Wildman–Crippen MR) is 265 cm³/mol. The second-order valence-corrected chi connectivity index (χ2v) is 18.9. The summed E-state index contributed by atoms with van der Waals surface area (Å²) in [6.07, 6.45) is 3.61. The van der Waals surface area contributed by atoms with Gasteiger partial charge in [0, 0.05) is 44.1 Å². The van der Waals surface area contributed by atoms with Crippen LogP contribution in [0.15, 0.2) is 60.9 Å². The van der Waals surface area contributed by atoms with Crippen molar-refractivity contribution in [1.29, 1.82) is 0 Å². The summed E-state index contributed by atoms with van der Waals surface area (Å²) in [5.74, 6) is -0.777. The van der Waals surface area contributed by atoms with E-state index in [9.17, 15) is 18.7 Å². The lowest BCUT2D eigenvalue weighted by molar-refractivity contribution is 0.0696. The number of nitrogens with one attached hydrogen (secondary N) is 1.